The molecule has 6 heteroatoms. The van der Waals surface area contributed by atoms with E-state index < -0.39 is 0 Å². The molecule has 2 aromatic rings. The summed E-state index contributed by atoms with van der Waals surface area (Å²) in [7, 11) is 1.69. The van der Waals surface area contributed by atoms with Crippen LogP contribution in [0, 0.1) is 11.8 Å². The van der Waals surface area contributed by atoms with E-state index in [1.165, 1.54) is 49.8 Å². The van der Waals surface area contributed by atoms with E-state index in [1.54, 1.807) is 7.11 Å². The average molecular weight is 421 g/mol. The van der Waals surface area contributed by atoms with E-state index in [0.717, 1.165) is 49.2 Å². The predicted octanol–water partition coefficient (Wildman–Crippen LogP) is 4.40. The maximum atomic E-state index is 13.5. The number of carbonyl (C=O) groups is 1. The number of nitrogens with one attached hydrogen (secondary N) is 1. The van der Waals surface area contributed by atoms with Gasteiger partial charge in [0.25, 0.3) is 5.91 Å². The fourth-order valence-corrected chi connectivity index (χ4v) is 6.84. The summed E-state index contributed by atoms with van der Waals surface area (Å²) in [6.45, 7) is 1.87. The predicted molar refractivity (Wildman–Crippen MR) is 119 cm³/mol. The highest BCUT2D eigenvalue weighted by atomic mass is 16.5. The highest BCUT2D eigenvalue weighted by molar-refractivity contribution is 5.94. The van der Waals surface area contributed by atoms with Crippen LogP contribution in [0.2, 0.25) is 0 Å². The normalized spacial score (nSPS) is 29.5. The molecule has 164 valence electrons. The molecule has 3 fully saturated rings. The van der Waals surface area contributed by atoms with Crippen LogP contribution in [0.5, 0.6) is 5.75 Å². The van der Waals surface area contributed by atoms with Crippen LogP contribution >= 0.6 is 0 Å². The maximum absolute atomic E-state index is 13.5. The van der Waals surface area contributed by atoms with E-state index in [9.17, 15) is 4.79 Å². The first kappa shape index (κ1) is 19.4. The van der Waals surface area contributed by atoms with Gasteiger partial charge in [-0.3, -0.25) is 10.2 Å². The largest absolute Gasteiger partial charge is 0.497 e. The van der Waals surface area contributed by atoms with E-state index in [1.807, 2.05) is 12.1 Å². The van der Waals surface area contributed by atoms with Gasteiger partial charge in [-0.15, -0.1) is 0 Å². The number of piperidine rings is 1. The lowest BCUT2D eigenvalue weighted by molar-refractivity contribution is 0.0741. The Morgan fingerprint density at radius 3 is 2.32 bits per heavy atom. The van der Waals surface area contributed by atoms with Gasteiger partial charge in [0.05, 0.1) is 18.5 Å². The zero-order valence-electron chi connectivity index (χ0n) is 18.3. The molecule has 31 heavy (non-hydrogen) atoms. The molecule has 1 aliphatic heterocycles. The Morgan fingerprint density at radius 2 is 1.65 bits per heavy atom. The summed E-state index contributed by atoms with van der Waals surface area (Å²) < 4.78 is 7.45. The zero-order chi connectivity index (χ0) is 20.9. The number of hydrogen-bond donors (Lipinski definition) is 1. The summed E-state index contributed by atoms with van der Waals surface area (Å²) in [4.78, 5) is 13.5. The molecule has 0 spiro atoms. The molecule has 7 rings (SSSR count). The lowest BCUT2D eigenvalue weighted by Gasteiger charge is -2.38. The number of nitrogens with zero attached hydrogens (tertiary/aromatic N) is 3. The van der Waals surface area contributed by atoms with Gasteiger partial charge in [0.15, 0.2) is 5.69 Å². The van der Waals surface area contributed by atoms with Gasteiger partial charge in [0.1, 0.15) is 5.75 Å². The first-order valence-corrected chi connectivity index (χ1v) is 12.0. The molecule has 4 aliphatic carbocycles. The van der Waals surface area contributed by atoms with Crippen molar-refractivity contribution in [3.63, 3.8) is 0 Å². The van der Waals surface area contributed by atoms with Crippen molar-refractivity contribution in [2.24, 2.45) is 11.8 Å². The van der Waals surface area contributed by atoms with E-state index in [2.05, 4.69) is 27.2 Å². The molecule has 0 radical (unpaired) electrons. The Hall–Kier alpha value is -2.34. The number of carbonyl (C=O) groups excluding carboxylic acids is 1. The molecule has 1 saturated heterocycles. The number of methoxy groups -OCH3 is 1. The molecule has 2 saturated carbocycles. The number of hydrazine groups is 1. The minimum Gasteiger partial charge on any atom is -0.497 e. The van der Waals surface area contributed by atoms with Gasteiger partial charge in [0, 0.05) is 24.6 Å². The van der Waals surface area contributed by atoms with E-state index >= 15 is 0 Å². The summed E-state index contributed by atoms with van der Waals surface area (Å²) in [6, 6.07) is 8.09. The summed E-state index contributed by atoms with van der Waals surface area (Å²) in [5, 5.41) is 7.07. The van der Waals surface area contributed by atoms with Gasteiger partial charge < -0.3 is 4.74 Å². The van der Waals surface area contributed by atoms with Crippen LogP contribution < -0.4 is 10.2 Å². The highest BCUT2D eigenvalue weighted by Crippen LogP contribution is 2.57. The van der Waals surface area contributed by atoms with Crippen molar-refractivity contribution in [1.82, 2.24) is 20.2 Å². The minimum absolute atomic E-state index is 0.0216. The third-order valence-electron chi connectivity index (χ3n) is 8.04. The van der Waals surface area contributed by atoms with Crippen molar-refractivity contribution in [1.29, 1.82) is 0 Å². The second-order valence-electron chi connectivity index (χ2n) is 10.1. The van der Waals surface area contributed by atoms with Crippen LogP contribution in [-0.2, 0) is 0 Å². The summed E-state index contributed by atoms with van der Waals surface area (Å²) in [5.41, 5.74) is 7.43. The molecule has 1 aromatic carbocycles. The summed E-state index contributed by atoms with van der Waals surface area (Å²) in [6.07, 6.45) is 9.85. The van der Waals surface area contributed by atoms with Crippen molar-refractivity contribution in [3.05, 3.63) is 41.2 Å². The number of aromatic nitrogens is 2. The van der Waals surface area contributed by atoms with Gasteiger partial charge in [-0.2, -0.15) is 5.10 Å². The molecule has 2 unspecified atom stereocenters. The number of rotatable bonds is 4. The molecule has 1 amide bonds. The molecule has 2 heterocycles. The third kappa shape index (κ3) is 3.36. The minimum atomic E-state index is -0.0216. The molecule has 1 N–H and O–H groups in total. The Bertz CT molecular complexity index is 962. The van der Waals surface area contributed by atoms with Gasteiger partial charge in [-0.05, 0) is 87.0 Å². The molecule has 4 bridgehead atoms. The monoisotopic (exact) mass is 420 g/mol. The van der Waals surface area contributed by atoms with Gasteiger partial charge in [-0.25, -0.2) is 9.69 Å². The second-order valence-corrected chi connectivity index (χ2v) is 10.1. The van der Waals surface area contributed by atoms with Crippen LogP contribution in [-0.4, -0.2) is 40.9 Å². The zero-order valence-corrected chi connectivity index (χ0v) is 18.3. The van der Waals surface area contributed by atoms with Crippen molar-refractivity contribution < 1.29 is 9.53 Å². The highest BCUT2D eigenvalue weighted by Gasteiger charge is 2.46. The first-order valence-electron chi connectivity index (χ1n) is 12.0. The molecular formula is C25H32N4O2. The Labute approximate surface area is 183 Å². The van der Waals surface area contributed by atoms with Crippen LogP contribution in [0.3, 0.4) is 0 Å². The van der Waals surface area contributed by atoms with Gasteiger partial charge in [-0.1, -0.05) is 6.42 Å². The van der Waals surface area contributed by atoms with E-state index in [4.69, 9.17) is 9.84 Å². The van der Waals surface area contributed by atoms with Crippen LogP contribution in [0.4, 0.5) is 0 Å². The lowest BCUT2D eigenvalue weighted by atomic mass is 9.67. The fraction of sp³-hybridized carbons (Fsp3) is 0.600. The maximum Gasteiger partial charge on any atom is 0.286 e. The quantitative estimate of drug-likeness (QED) is 0.796. The molecular weight excluding hydrogens is 388 g/mol. The topological polar surface area (TPSA) is 59.4 Å². The van der Waals surface area contributed by atoms with Crippen molar-refractivity contribution in [2.75, 3.05) is 20.2 Å². The van der Waals surface area contributed by atoms with Crippen molar-refractivity contribution >= 4 is 5.91 Å². The third-order valence-corrected chi connectivity index (χ3v) is 8.04. The van der Waals surface area contributed by atoms with Crippen LogP contribution in [0.1, 0.15) is 84.9 Å². The summed E-state index contributed by atoms with van der Waals surface area (Å²) in [5.74, 6) is 3.41. The van der Waals surface area contributed by atoms with Crippen LogP contribution in [0.15, 0.2) is 24.3 Å². The molecule has 2 atom stereocenters. The fourth-order valence-electron chi connectivity index (χ4n) is 6.84. The number of benzene rings is 1. The van der Waals surface area contributed by atoms with E-state index in [0.29, 0.717) is 17.5 Å². The van der Waals surface area contributed by atoms with Gasteiger partial charge in [0.2, 0.25) is 0 Å². The number of hydrogen-bond acceptors (Lipinski definition) is 4. The standard InChI is InChI=1S/C25H32N4O2/c1-31-21-7-5-20(6-8-21)29-24-19-14-16-11-17(15-19)13-18(12-16)22(24)23(26-29)25(30)27-28-9-3-2-4-10-28/h5-8,16-19H,2-4,9-15H2,1H3,(H,27,30). The molecule has 1 aromatic heterocycles. The lowest BCUT2D eigenvalue weighted by Crippen LogP contribution is -2.45. The molecule has 5 aliphatic rings. The van der Waals surface area contributed by atoms with Crippen molar-refractivity contribution in [3.8, 4) is 11.4 Å². The van der Waals surface area contributed by atoms with Gasteiger partial charge >= 0.3 is 0 Å². The smallest absolute Gasteiger partial charge is 0.286 e. The molecule has 6 nitrogen and oxygen atoms in total. The van der Waals surface area contributed by atoms with E-state index in [-0.39, 0.29) is 5.91 Å². The SMILES string of the molecule is COc1ccc(-n2nc(C(=O)NN3CCCCC3)c3c2C2CC4CC(CC3C4)C2)cc1. The Balaban J connectivity index is 1.43. The Kier molecular flexibility index (Phi) is 4.78. The summed E-state index contributed by atoms with van der Waals surface area (Å²) >= 11 is 0. The van der Waals surface area contributed by atoms with Crippen LogP contribution in [0.25, 0.3) is 5.69 Å². The Morgan fingerprint density at radius 1 is 0.968 bits per heavy atom. The van der Waals surface area contributed by atoms with Crippen molar-refractivity contribution in [2.45, 2.75) is 63.2 Å². The second kappa shape index (κ2) is 7.66. The number of ether oxygens (including phenoxy) is 1. The first-order chi connectivity index (χ1) is 15.2. The average Bonchev–Trinajstić information content (AvgIpc) is 3.12. The number of amides is 1.